The third-order valence-corrected chi connectivity index (χ3v) is 1.44. The van der Waals surface area contributed by atoms with Gasteiger partial charge in [0.1, 0.15) is 0 Å². The average molecular weight is 219 g/mol. The van der Waals surface area contributed by atoms with Gasteiger partial charge < -0.3 is 4.42 Å². The Morgan fingerprint density at radius 1 is 1.36 bits per heavy atom. The second kappa shape index (κ2) is 2.93. The highest BCUT2D eigenvalue weighted by Crippen LogP contribution is 2.20. The van der Waals surface area contributed by atoms with Crippen molar-refractivity contribution >= 4 is 15.9 Å². The lowest BCUT2D eigenvalue weighted by molar-refractivity contribution is 0.349. The Balaban J connectivity index is 2.65. The van der Waals surface area contributed by atoms with Gasteiger partial charge >= 0.3 is 0 Å². The predicted octanol–water partition coefficient (Wildman–Crippen LogP) is 2.42. The van der Waals surface area contributed by atoms with Gasteiger partial charge in [0.2, 0.25) is 5.89 Å². The zero-order chi connectivity index (χ0) is 8.48. The molecule has 0 N–H and O–H groups in total. The van der Waals surface area contributed by atoms with Gasteiger partial charge in [-0.15, -0.1) is 10.2 Å². The SMILES string of the molecule is CC(C)(C)Cc1nnc(Br)o1. The molecule has 62 valence electrons. The van der Waals surface area contributed by atoms with E-state index in [1.165, 1.54) is 0 Å². The van der Waals surface area contributed by atoms with Gasteiger partial charge in [-0.1, -0.05) is 20.8 Å². The molecule has 0 saturated carbocycles. The molecule has 4 heteroatoms. The fraction of sp³-hybridized carbons (Fsp3) is 0.714. The first-order valence-corrected chi connectivity index (χ1v) is 4.24. The van der Waals surface area contributed by atoms with E-state index in [2.05, 4.69) is 46.9 Å². The van der Waals surface area contributed by atoms with Crippen LogP contribution >= 0.6 is 15.9 Å². The van der Waals surface area contributed by atoms with Crippen LogP contribution in [-0.4, -0.2) is 10.2 Å². The maximum Gasteiger partial charge on any atom is 0.284 e. The van der Waals surface area contributed by atoms with Crippen molar-refractivity contribution in [3.05, 3.63) is 10.7 Å². The third kappa shape index (κ3) is 3.01. The summed E-state index contributed by atoms with van der Waals surface area (Å²) in [6.45, 7) is 6.39. The largest absolute Gasteiger partial charge is 0.416 e. The van der Waals surface area contributed by atoms with Gasteiger partial charge in [-0.25, -0.2) is 0 Å². The molecule has 0 fully saturated rings. The fourth-order valence-electron chi connectivity index (χ4n) is 0.758. The van der Waals surface area contributed by atoms with E-state index in [1.807, 2.05) is 0 Å². The molecule has 0 aliphatic carbocycles. The second-order valence-corrected chi connectivity index (χ2v) is 4.36. The van der Waals surface area contributed by atoms with Crippen LogP contribution in [0.1, 0.15) is 26.7 Å². The second-order valence-electron chi connectivity index (χ2n) is 3.69. The first kappa shape index (κ1) is 8.71. The van der Waals surface area contributed by atoms with Crippen LogP contribution in [0.3, 0.4) is 0 Å². The lowest BCUT2D eigenvalue weighted by Gasteiger charge is -2.13. The standard InChI is InChI=1S/C7H11BrN2O/c1-7(2,3)4-5-9-10-6(8)11-5/h4H2,1-3H3. The summed E-state index contributed by atoms with van der Waals surface area (Å²) in [4.78, 5) is 0.455. The molecule has 1 aromatic rings. The highest BCUT2D eigenvalue weighted by atomic mass is 79.9. The molecule has 0 radical (unpaired) electrons. The normalized spacial score (nSPS) is 12.0. The van der Waals surface area contributed by atoms with Crippen LogP contribution in [0.15, 0.2) is 9.22 Å². The first-order chi connectivity index (χ1) is 4.97. The zero-order valence-electron chi connectivity index (χ0n) is 6.89. The minimum Gasteiger partial charge on any atom is -0.416 e. The summed E-state index contributed by atoms with van der Waals surface area (Å²) in [5.41, 5.74) is 0.200. The van der Waals surface area contributed by atoms with Crippen LogP contribution < -0.4 is 0 Å². The first-order valence-electron chi connectivity index (χ1n) is 3.45. The van der Waals surface area contributed by atoms with Crippen molar-refractivity contribution in [1.29, 1.82) is 0 Å². The van der Waals surface area contributed by atoms with Crippen molar-refractivity contribution in [2.75, 3.05) is 0 Å². The van der Waals surface area contributed by atoms with Crippen molar-refractivity contribution in [1.82, 2.24) is 10.2 Å². The number of hydrogen-bond acceptors (Lipinski definition) is 3. The topological polar surface area (TPSA) is 38.9 Å². The molecular weight excluding hydrogens is 208 g/mol. The number of halogens is 1. The highest BCUT2D eigenvalue weighted by molar-refractivity contribution is 9.10. The monoisotopic (exact) mass is 218 g/mol. The summed E-state index contributed by atoms with van der Waals surface area (Å²) in [5, 5.41) is 7.54. The molecule has 0 aliphatic rings. The summed E-state index contributed by atoms with van der Waals surface area (Å²) in [6, 6.07) is 0. The Morgan fingerprint density at radius 3 is 2.36 bits per heavy atom. The van der Waals surface area contributed by atoms with Crippen LogP contribution in [0, 0.1) is 5.41 Å². The Bertz CT molecular complexity index is 239. The maximum absolute atomic E-state index is 5.15. The van der Waals surface area contributed by atoms with Crippen molar-refractivity contribution in [3.63, 3.8) is 0 Å². The molecule has 3 nitrogen and oxygen atoms in total. The lowest BCUT2D eigenvalue weighted by Crippen LogP contribution is -2.09. The molecule has 0 atom stereocenters. The molecule has 0 aromatic carbocycles. The van der Waals surface area contributed by atoms with Gasteiger partial charge in [0.25, 0.3) is 4.80 Å². The maximum atomic E-state index is 5.15. The van der Waals surface area contributed by atoms with E-state index in [0.29, 0.717) is 10.7 Å². The van der Waals surface area contributed by atoms with Crippen molar-refractivity contribution < 1.29 is 4.42 Å². The van der Waals surface area contributed by atoms with E-state index < -0.39 is 0 Å². The Kier molecular flexibility index (Phi) is 2.32. The number of hydrogen-bond donors (Lipinski definition) is 0. The number of rotatable bonds is 1. The summed E-state index contributed by atoms with van der Waals surface area (Å²) in [5.74, 6) is 0.685. The van der Waals surface area contributed by atoms with Crippen LogP contribution in [-0.2, 0) is 6.42 Å². The molecule has 0 unspecified atom stereocenters. The van der Waals surface area contributed by atoms with E-state index in [4.69, 9.17) is 4.42 Å². The quantitative estimate of drug-likeness (QED) is 0.727. The molecule has 0 spiro atoms. The van der Waals surface area contributed by atoms with Gasteiger partial charge in [0, 0.05) is 22.4 Å². The smallest absolute Gasteiger partial charge is 0.284 e. The fourth-order valence-corrected chi connectivity index (χ4v) is 1.02. The molecule has 0 saturated heterocycles. The summed E-state index contributed by atoms with van der Waals surface area (Å²) >= 11 is 3.10. The summed E-state index contributed by atoms with van der Waals surface area (Å²) in [6.07, 6.45) is 0.811. The van der Waals surface area contributed by atoms with Gasteiger partial charge in [0.15, 0.2) is 0 Å². The van der Waals surface area contributed by atoms with Gasteiger partial charge in [-0.05, 0) is 5.41 Å². The third-order valence-electron chi connectivity index (χ3n) is 1.12. The zero-order valence-corrected chi connectivity index (χ0v) is 8.47. The number of aromatic nitrogens is 2. The molecule has 11 heavy (non-hydrogen) atoms. The Hall–Kier alpha value is -0.380. The predicted molar refractivity (Wildman–Crippen MR) is 45.2 cm³/mol. The Labute approximate surface area is 74.3 Å². The summed E-state index contributed by atoms with van der Waals surface area (Å²) < 4.78 is 5.15. The molecular formula is C7H11BrN2O. The van der Waals surface area contributed by atoms with Crippen molar-refractivity contribution in [2.45, 2.75) is 27.2 Å². The van der Waals surface area contributed by atoms with E-state index in [1.54, 1.807) is 0 Å². The molecule has 1 heterocycles. The molecule has 1 aromatic heterocycles. The minimum atomic E-state index is 0.200. The van der Waals surface area contributed by atoms with Crippen LogP contribution in [0.4, 0.5) is 0 Å². The van der Waals surface area contributed by atoms with Gasteiger partial charge in [-0.3, -0.25) is 0 Å². The molecule has 1 rings (SSSR count). The van der Waals surface area contributed by atoms with E-state index in [0.717, 1.165) is 6.42 Å². The Morgan fingerprint density at radius 2 is 2.00 bits per heavy atom. The van der Waals surface area contributed by atoms with Gasteiger partial charge in [-0.2, -0.15) is 0 Å². The van der Waals surface area contributed by atoms with E-state index in [9.17, 15) is 0 Å². The minimum absolute atomic E-state index is 0.200. The van der Waals surface area contributed by atoms with Crippen LogP contribution in [0.2, 0.25) is 0 Å². The number of nitrogens with zero attached hydrogens (tertiary/aromatic N) is 2. The molecule has 0 amide bonds. The van der Waals surface area contributed by atoms with Crippen LogP contribution in [0.5, 0.6) is 0 Å². The van der Waals surface area contributed by atoms with Crippen molar-refractivity contribution in [3.8, 4) is 0 Å². The highest BCUT2D eigenvalue weighted by Gasteiger charge is 2.15. The van der Waals surface area contributed by atoms with E-state index >= 15 is 0 Å². The van der Waals surface area contributed by atoms with Crippen molar-refractivity contribution in [2.24, 2.45) is 5.41 Å². The molecule has 0 aliphatic heterocycles. The average Bonchev–Trinajstić information content (AvgIpc) is 2.10. The van der Waals surface area contributed by atoms with Gasteiger partial charge in [0.05, 0.1) is 0 Å². The lowest BCUT2D eigenvalue weighted by atomic mass is 9.92. The van der Waals surface area contributed by atoms with Crippen LogP contribution in [0.25, 0.3) is 0 Å². The molecule has 0 bridgehead atoms. The summed E-state index contributed by atoms with van der Waals surface area (Å²) in [7, 11) is 0. The van der Waals surface area contributed by atoms with E-state index in [-0.39, 0.29) is 5.41 Å².